The van der Waals surface area contributed by atoms with Gasteiger partial charge in [0.2, 0.25) is 6.79 Å². The molecule has 2 aromatic carbocycles. The van der Waals surface area contributed by atoms with E-state index in [4.69, 9.17) is 14.2 Å². The molecule has 1 aliphatic heterocycles. The van der Waals surface area contributed by atoms with Crippen LogP contribution in [0.15, 0.2) is 30.3 Å². The molecule has 1 aliphatic rings. The van der Waals surface area contributed by atoms with Crippen molar-refractivity contribution in [1.29, 1.82) is 0 Å². The smallest absolute Gasteiger partial charge is 0.336 e. The van der Waals surface area contributed by atoms with Crippen molar-refractivity contribution in [1.82, 2.24) is 0 Å². The van der Waals surface area contributed by atoms with Crippen LogP contribution in [0.5, 0.6) is 17.2 Å². The maximum absolute atomic E-state index is 12.2. The second kappa shape index (κ2) is 6.87. The number of carbonyl (C=O) groups is 1. The molecule has 0 saturated heterocycles. The summed E-state index contributed by atoms with van der Waals surface area (Å²) < 4.78 is 15.8. The molecule has 0 saturated carbocycles. The van der Waals surface area contributed by atoms with Gasteiger partial charge in [-0.1, -0.05) is 12.1 Å². The Morgan fingerprint density at radius 1 is 1.15 bits per heavy atom. The zero-order chi connectivity index (χ0) is 18.8. The molecule has 1 heterocycles. The number of esters is 1. The molecule has 7 heteroatoms. The van der Waals surface area contributed by atoms with E-state index in [1.807, 2.05) is 32.9 Å². The molecule has 0 aliphatic carbocycles. The van der Waals surface area contributed by atoms with Crippen molar-refractivity contribution >= 4 is 17.7 Å². The van der Waals surface area contributed by atoms with E-state index in [0.29, 0.717) is 17.2 Å². The van der Waals surface area contributed by atoms with E-state index in [2.05, 4.69) is 0 Å². The number of rotatable bonds is 4. The fourth-order valence-corrected chi connectivity index (χ4v) is 2.61. The minimum Gasteiger partial charge on any atom is -0.454 e. The number of hydrogen-bond donors (Lipinski definition) is 0. The third-order valence-corrected chi connectivity index (χ3v) is 4.19. The molecular formula is C19H17NO6. The molecule has 0 unspecified atom stereocenters. The fourth-order valence-electron chi connectivity index (χ4n) is 2.61. The van der Waals surface area contributed by atoms with Crippen molar-refractivity contribution in [3.63, 3.8) is 0 Å². The maximum Gasteiger partial charge on any atom is 0.336 e. The maximum atomic E-state index is 12.2. The normalized spacial score (nSPS) is 12.4. The summed E-state index contributed by atoms with van der Waals surface area (Å²) in [7, 11) is 0. The highest BCUT2D eigenvalue weighted by molar-refractivity contribution is 5.90. The second-order valence-electron chi connectivity index (χ2n) is 5.93. The molecule has 3 rings (SSSR count). The Balaban J connectivity index is 1.85. The average molecular weight is 355 g/mol. The first-order valence-corrected chi connectivity index (χ1v) is 7.91. The third kappa shape index (κ3) is 3.37. The summed E-state index contributed by atoms with van der Waals surface area (Å²) in [5.41, 5.74) is 2.77. The lowest BCUT2D eigenvalue weighted by Crippen LogP contribution is -2.07. The van der Waals surface area contributed by atoms with Crippen molar-refractivity contribution in [3.8, 4) is 17.2 Å². The summed E-state index contributed by atoms with van der Waals surface area (Å²) in [6, 6.07) is 6.57. The fraction of sp³-hybridized carbons (Fsp3) is 0.211. The molecule has 2 aromatic rings. The average Bonchev–Trinajstić information content (AvgIpc) is 3.06. The Kier molecular flexibility index (Phi) is 4.62. The molecule has 0 amide bonds. The van der Waals surface area contributed by atoms with Gasteiger partial charge in [-0.2, -0.15) is 0 Å². The largest absolute Gasteiger partial charge is 0.454 e. The first-order chi connectivity index (χ1) is 12.4. The van der Waals surface area contributed by atoms with E-state index in [0.717, 1.165) is 22.8 Å². The number of nitro benzene ring substituents is 1. The highest BCUT2D eigenvalue weighted by Gasteiger charge is 2.22. The van der Waals surface area contributed by atoms with E-state index >= 15 is 0 Å². The van der Waals surface area contributed by atoms with Gasteiger partial charge in [0.25, 0.3) is 5.69 Å². The lowest BCUT2D eigenvalue weighted by atomic mass is 10.1. The molecule has 0 atom stereocenters. The second-order valence-corrected chi connectivity index (χ2v) is 5.93. The van der Waals surface area contributed by atoms with Gasteiger partial charge in [0.1, 0.15) is 5.75 Å². The lowest BCUT2D eigenvalue weighted by molar-refractivity contribution is -0.385. The third-order valence-electron chi connectivity index (χ3n) is 4.19. The Morgan fingerprint density at radius 3 is 2.50 bits per heavy atom. The molecule has 0 fully saturated rings. The molecule has 0 aromatic heterocycles. The van der Waals surface area contributed by atoms with Gasteiger partial charge >= 0.3 is 5.97 Å². The van der Waals surface area contributed by atoms with Gasteiger partial charge in [0, 0.05) is 6.08 Å². The van der Waals surface area contributed by atoms with Gasteiger partial charge in [0.05, 0.1) is 16.6 Å². The van der Waals surface area contributed by atoms with Crippen molar-refractivity contribution in [2.45, 2.75) is 20.8 Å². The van der Waals surface area contributed by atoms with E-state index in [-0.39, 0.29) is 18.0 Å². The van der Waals surface area contributed by atoms with E-state index in [1.165, 1.54) is 18.2 Å². The summed E-state index contributed by atoms with van der Waals surface area (Å²) in [5.74, 6) is 0.588. The van der Waals surface area contributed by atoms with Crippen LogP contribution in [0.2, 0.25) is 0 Å². The number of aryl methyl sites for hydroxylation is 2. The van der Waals surface area contributed by atoms with Crippen molar-refractivity contribution < 1.29 is 23.9 Å². The van der Waals surface area contributed by atoms with Crippen LogP contribution in [0.3, 0.4) is 0 Å². The van der Waals surface area contributed by atoms with Crippen LogP contribution < -0.4 is 14.2 Å². The van der Waals surface area contributed by atoms with Crippen LogP contribution in [0.25, 0.3) is 6.08 Å². The number of fused-ring (bicyclic) bond motifs is 1. The van der Waals surface area contributed by atoms with Gasteiger partial charge in [0.15, 0.2) is 11.5 Å². The number of nitrogens with zero attached hydrogens (tertiary/aromatic N) is 1. The van der Waals surface area contributed by atoms with Crippen LogP contribution in [0.4, 0.5) is 5.69 Å². The minimum atomic E-state index is -0.617. The van der Waals surface area contributed by atoms with Crippen molar-refractivity contribution in [2.75, 3.05) is 6.79 Å². The molecule has 7 nitrogen and oxygen atoms in total. The molecular weight excluding hydrogens is 338 g/mol. The van der Waals surface area contributed by atoms with E-state index in [9.17, 15) is 14.9 Å². The number of ether oxygens (including phenoxy) is 3. The first kappa shape index (κ1) is 17.5. The van der Waals surface area contributed by atoms with Gasteiger partial charge in [-0.05, 0) is 49.6 Å². The lowest BCUT2D eigenvalue weighted by Gasteiger charge is -2.11. The topological polar surface area (TPSA) is 87.9 Å². The van der Waals surface area contributed by atoms with Crippen LogP contribution in [-0.4, -0.2) is 17.7 Å². The summed E-state index contributed by atoms with van der Waals surface area (Å²) in [6.07, 6.45) is 2.49. The number of hydrogen-bond acceptors (Lipinski definition) is 6. The summed E-state index contributed by atoms with van der Waals surface area (Å²) in [5, 5.41) is 11.2. The quantitative estimate of drug-likeness (QED) is 0.272. The molecule has 0 spiro atoms. The van der Waals surface area contributed by atoms with Crippen LogP contribution in [0.1, 0.15) is 22.3 Å². The monoisotopic (exact) mass is 355 g/mol. The van der Waals surface area contributed by atoms with Gasteiger partial charge in [-0.15, -0.1) is 0 Å². The molecule has 0 bridgehead atoms. The number of benzene rings is 2. The van der Waals surface area contributed by atoms with Crippen LogP contribution in [-0.2, 0) is 4.79 Å². The van der Waals surface area contributed by atoms with E-state index < -0.39 is 10.9 Å². The van der Waals surface area contributed by atoms with Crippen molar-refractivity contribution in [3.05, 3.63) is 62.7 Å². The standard InChI is InChI=1S/C19H17NO6/c1-11-4-5-12(2)19(13(11)3)26-18(21)7-6-14-8-16-17(25-10-24-16)9-15(14)20(22)23/h4-9H,10H2,1-3H3/b7-6+. The summed E-state index contributed by atoms with van der Waals surface area (Å²) in [4.78, 5) is 22.9. The first-order valence-electron chi connectivity index (χ1n) is 7.91. The van der Waals surface area contributed by atoms with Crippen LogP contribution in [0, 0.1) is 30.9 Å². The highest BCUT2D eigenvalue weighted by atomic mass is 16.7. The SMILES string of the molecule is Cc1ccc(C)c(OC(=O)/C=C/c2cc3c(cc2[N+](=O)[O-])OCO3)c1C. The summed E-state index contributed by atoms with van der Waals surface area (Å²) in [6.45, 7) is 5.66. The molecule has 26 heavy (non-hydrogen) atoms. The Morgan fingerprint density at radius 2 is 1.81 bits per heavy atom. The predicted octanol–water partition coefficient (Wildman–Crippen LogP) is 3.87. The molecule has 0 radical (unpaired) electrons. The van der Waals surface area contributed by atoms with Gasteiger partial charge in [-0.25, -0.2) is 4.79 Å². The van der Waals surface area contributed by atoms with Crippen LogP contribution >= 0.6 is 0 Å². The van der Waals surface area contributed by atoms with Gasteiger partial charge < -0.3 is 14.2 Å². The molecule has 134 valence electrons. The number of carbonyl (C=O) groups excluding carboxylic acids is 1. The van der Waals surface area contributed by atoms with Gasteiger partial charge in [-0.3, -0.25) is 10.1 Å². The zero-order valence-corrected chi connectivity index (χ0v) is 14.6. The summed E-state index contributed by atoms with van der Waals surface area (Å²) >= 11 is 0. The number of nitro groups is 1. The highest BCUT2D eigenvalue weighted by Crippen LogP contribution is 2.38. The Hall–Kier alpha value is -3.35. The predicted molar refractivity (Wildman–Crippen MR) is 94.5 cm³/mol. The van der Waals surface area contributed by atoms with Crippen molar-refractivity contribution in [2.24, 2.45) is 0 Å². The zero-order valence-electron chi connectivity index (χ0n) is 14.6. The van der Waals surface area contributed by atoms with E-state index in [1.54, 1.807) is 0 Å². The molecule has 0 N–H and O–H groups in total. The Bertz CT molecular complexity index is 932. The Labute approximate surface area is 150 Å². The minimum absolute atomic E-state index is 0.00755.